The number of rotatable bonds is 5. The topological polar surface area (TPSA) is 67.4 Å². The molecule has 2 rings (SSSR count). The predicted octanol–water partition coefficient (Wildman–Crippen LogP) is 3.83. The van der Waals surface area contributed by atoms with Crippen LogP contribution < -0.4 is 10.6 Å². The van der Waals surface area contributed by atoms with Crippen LogP contribution in [0.25, 0.3) is 0 Å². The second kappa shape index (κ2) is 7.85. The number of carbonyl (C=O) groups excluding carboxylic acids is 2. The summed E-state index contributed by atoms with van der Waals surface area (Å²) in [5.74, 6) is -0.817. The molecule has 0 aliphatic heterocycles. The molecule has 0 fully saturated rings. The number of esters is 1. The fourth-order valence-electron chi connectivity index (χ4n) is 1.84. The van der Waals surface area contributed by atoms with Crippen LogP contribution in [0.1, 0.15) is 10.4 Å². The van der Waals surface area contributed by atoms with Crippen LogP contribution >= 0.6 is 23.2 Å². The number of ether oxygens (including phenoxy) is 1. The van der Waals surface area contributed by atoms with Crippen LogP contribution in [0.4, 0.5) is 11.4 Å². The largest absolute Gasteiger partial charge is 0.465 e. The molecule has 0 atom stereocenters. The average Bonchev–Trinajstić information content (AvgIpc) is 2.54. The molecule has 0 aliphatic carbocycles. The molecule has 0 aromatic heterocycles. The first kappa shape index (κ1) is 17.1. The minimum absolute atomic E-state index is 0.0269. The van der Waals surface area contributed by atoms with Crippen LogP contribution in [-0.2, 0) is 9.53 Å². The van der Waals surface area contributed by atoms with Gasteiger partial charge in [0.25, 0.3) is 0 Å². The van der Waals surface area contributed by atoms with E-state index in [0.717, 1.165) is 5.69 Å². The van der Waals surface area contributed by atoms with Crippen molar-refractivity contribution >= 4 is 46.5 Å². The maximum absolute atomic E-state index is 12.0. The molecule has 0 radical (unpaired) electrons. The van der Waals surface area contributed by atoms with Crippen molar-refractivity contribution in [3.63, 3.8) is 0 Å². The van der Waals surface area contributed by atoms with Crippen LogP contribution in [0.2, 0.25) is 10.0 Å². The van der Waals surface area contributed by atoms with E-state index < -0.39 is 5.97 Å². The molecule has 120 valence electrons. The van der Waals surface area contributed by atoms with Crippen molar-refractivity contribution in [2.24, 2.45) is 0 Å². The van der Waals surface area contributed by atoms with Gasteiger partial charge in [-0.2, -0.15) is 0 Å². The summed E-state index contributed by atoms with van der Waals surface area (Å²) in [4.78, 5) is 23.5. The van der Waals surface area contributed by atoms with Crippen molar-refractivity contribution in [3.8, 4) is 0 Å². The molecular formula is C16H14Cl2N2O3. The third kappa shape index (κ3) is 4.87. The summed E-state index contributed by atoms with van der Waals surface area (Å²) < 4.78 is 4.63. The van der Waals surface area contributed by atoms with E-state index in [2.05, 4.69) is 15.4 Å². The third-order valence-corrected chi connectivity index (χ3v) is 3.50. The molecule has 2 aromatic rings. The molecular weight excluding hydrogens is 339 g/mol. The lowest BCUT2D eigenvalue weighted by molar-refractivity contribution is -0.114. The van der Waals surface area contributed by atoms with Crippen molar-refractivity contribution in [2.75, 3.05) is 24.3 Å². The molecule has 0 spiro atoms. The van der Waals surface area contributed by atoms with Gasteiger partial charge in [-0.25, -0.2) is 4.79 Å². The van der Waals surface area contributed by atoms with Crippen LogP contribution in [-0.4, -0.2) is 25.5 Å². The van der Waals surface area contributed by atoms with Gasteiger partial charge in [0.05, 0.1) is 29.9 Å². The Morgan fingerprint density at radius 3 is 2.61 bits per heavy atom. The van der Waals surface area contributed by atoms with Gasteiger partial charge in [0.1, 0.15) is 0 Å². The number of nitrogens with one attached hydrogen (secondary N) is 2. The van der Waals surface area contributed by atoms with Crippen molar-refractivity contribution in [1.82, 2.24) is 0 Å². The molecule has 0 unspecified atom stereocenters. The van der Waals surface area contributed by atoms with E-state index in [0.29, 0.717) is 21.3 Å². The van der Waals surface area contributed by atoms with Crippen LogP contribution in [0.5, 0.6) is 0 Å². The van der Waals surface area contributed by atoms with Crippen molar-refractivity contribution in [1.29, 1.82) is 0 Å². The van der Waals surface area contributed by atoms with Gasteiger partial charge in [-0.15, -0.1) is 0 Å². The summed E-state index contributed by atoms with van der Waals surface area (Å²) >= 11 is 11.9. The number of methoxy groups -OCH3 is 1. The molecule has 23 heavy (non-hydrogen) atoms. The molecule has 7 heteroatoms. The molecule has 0 heterocycles. The highest BCUT2D eigenvalue weighted by Crippen LogP contribution is 2.23. The van der Waals surface area contributed by atoms with Gasteiger partial charge in [-0.05, 0) is 36.4 Å². The standard InChI is InChI=1S/C16H14Cl2N2O3/c1-23-16(22)10-5-6-13(18)14(7-10)20-15(21)9-19-12-4-2-3-11(17)8-12/h2-8,19H,9H2,1H3,(H,20,21). The first-order chi connectivity index (χ1) is 11.0. The highest BCUT2D eigenvalue weighted by molar-refractivity contribution is 6.34. The second-order valence-corrected chi connectivity index (χ2v) is 5.44. The Bertz CT molecular complexity index is 735. The van der Waals surface area contributed by atoms with E-state index in [4.69, 9.17) is 23.2 Å². The van der Waals surface area contributed by atoms with E-state index in [1.54, 1.807) is 24.3 Å². The molecule has 0 saturated heterocycles. The zero-order valence-corrected chi connectivity index (χ0v) is 13.7. The summed E-state index contributed by atoms with van der Waals surface area (Å²) in [7, 11) is 1.28. The lowest BCUT2D eigenvalue weighted by Gasteiger charge is -2.10. The normalized spacial score (nSPS) is 10.0. The molecule has 0 bridgehead atoms. The number of hydrogen-bond acceptors (Lipinski definition) is 4. The Balaban J connectivity index is 2.01. The number of carbonyl (C=O) groups is 2. The van der Waals surface area contributed by atoms with E-state index >= 15 is 0 Å². The molecule has 0 saturated carbocycles. The van der Waals surface area contributed by atoms with Crippen molar-refractivity contribution in [3.05, 3.63) is 58.1 Å². The maximum Gasteiger partial charge on any atom is 0.337 e. The molecule has 1 amide bonds. The minimum atomic E-state index is -0.505. The van der Waals surface area contributed by atoms with Gasteiger partial charge >= 0.3 is 5.97 Å². The summed E-state index contributed by atoms with van der Waals surface area (Å²) in [5, 5.41) is 6.48. The maximum atomic E-state index is 12.0. The van der Waals surface area contributed by atoms with Crippen molar-refractivity contribution < 1.29 is 14.3 Å². The Morgan fingerprint density at radius 2 is 1.91 bits per heavy atom. The first-order valence-corrected chi connectivity index (χ1v) is 7.42. The van der Waals surface area contributed by atoms with E-state index in [1.165, 1.54) is 25.3 Å². The fourth-order valence-corrected chi connectivity index (χ4v) is 2.20. The smallest absolute Gasteiger partial charge is 0.337 e. The monoisotopic (exact) mass is 352 g/mol. The Labute approximate surface area is 143 Å². The Kier molecular flexibility index (Phi) is 5.84. The lowest BCUT2D eigenvalue weighted by atomic mass is 10.2. The highest BCUT2D eigenvalue weighted by Gasteiger charge is 2.11. The molecule has 0 aliphatic rings. The third-order valence-electron chi connectivity index (χ3n) is 2.94. The van der Waals surface area contributed by atoms with Gasteiger partial charge in [-0.1, -0.05) is 29.3 Å². The van der Waals surface area contributed by atoms with E-state index in [1.807, 2.05) is 0 Å². The molecule has 2 aromatic carbocycles. The Hall–Kier alpha value is -2.24. The Morgan fingerprint density at radius 1 is 1.13 bits per heavy atom. The van der Waals surface area contributed by atoms with Gasteiger partial charge in [0.2, 0.25) is 5.91 Å². The summed E-state index contributed by atoms with van der Waals surface area (Å²) in [6.07, 6.45) is 0. The van der Waals surface area contributed by atoms with Gasteiger partial charge < -0.3 is 15.4 Å². The predicted molar refractivity (Wildman–Crippen MR) is 91.4 cm³/mol. The van der Waals surface area contributed by atoms with Crippen LogP contribution in [0.3, 0.4) is 0 Å². The number of halogens is 2. The van der Waals surface area contributed by atoms with Gasteiger partial charge in [-0.3, -0.25) is 4.79 Å². The average molecular weight is 353 g/mol. The minimum Gasteiger partial charge on any atom is -0.465 e. The van der Waals surface area contributed by atoms with Gasteiger partial charge in [0.15, 0.2) is 0 Å². The zero-order valence-electron chi connectivity index (χ0n) is 12.2. The molecule has 5 nitrogen and oxygen atoms in total. The number of amides is 1. The summed E-state index contributed by atoms with van der Waals surface area (Å²) in [6, 6.07) is 11.5. The van der Waals surface area contributed by atoms with E-state index in [-0.39, 0.29) is 12.5 Å². The highest BCUT2D eigenvalue weighted by atomic mass is 35.5. The van der Waals surface area contributed by atoms with E-state index in [9.17, 15) is 9.59 Å². The van der Waals surface area contributed by atoms with Crippen LogP contribution in [0.15, 0.2) is 42.5 Å². The van der Waals surface area contributed by atoms with Crippen LogP contribution in [0, 0.1) is 0 Å². The lowest BCUT2D eigenvalue weighted by Crippen LogP contribution is -2.22. The number of benzene rings is 2. The fraction of sp³-hybridized carbons (Fsp3) is 0.125. The number of anilines is 2. The second-order valence-electron chi connectivity index (χ2n) is 4.60. The summed E-state index contributed by atoms with van der Waals surface area (Å²) in [6.45, 7) is 0.0269. The SMILES string of the molecule is COC(=O)c1ccc(Cl)c(NC(=O)CNc2cccc(Cl)c2)c1. The van der Waals surface area contributed by atoms with Crippen molar-refractivity contribution in [2.45, 2.75) is 0 Å². The zero-order chi connectivity index (χ0) is 16.8. The number of hydrogen-bond donors (Lipinski definition) is 2. The molecule has 2 N–H and O–H groups in total. The first-order valence-electron chi connectivity index (χ1n) is 6.67. The quantitative estimate of drug-likeness (QED) is 0.802. The van der Waals surface area contributed by atoms with Gasteiger partial charge in [0, 0.05) is 10.7 Å². The summed E-state index contributed by atoms with van der Waals surface area (Å²) in [5.41, 5.74) is 1.37.